The zero-order chi connectivity index (χ0) is 30.9. The van der Waals surface area contributed by atoms with Gasteiger partial charge in [0.25, 0.3) is 0 Å². The van der Waals surface area contributed by atoms with Crippen LogP contribution in [-0.4, -0.2) is 34.3 Å². The monoisotopic (exact) mass is 608 g/mol. The third kappa shape index (κ3) is 7.36. The molecule has 1 aromatic heterocycles. The number of aliphatic hydroxyl groups is 1. The molecule has 15 heteroatoms. The summed E-state index contributed by atoms with van der Waals surface area (Å²) < 4.78 is 126. The molecule has 42 heavy (non-hydrogen) atoms. The molecule has 1 aliphatic rings. The van der Waals surface area contributed by atoms with Gasteiger partial charge in [-0.05, 0) is 60.4 Å². The van der Waals surface area contributed by atoms with Gasteiger partial charge in [0.15, 0.2) is 5.75 Å². The van der Waals surface area contributed by atoms with E-state index < -0.39 is 54.3 Å². The Kier molecular flexibility index (Phi) is 8.81. The Morgan fingerprint density at radius 2 is 1.57 bits per heavy atom. The molecule has 6 nitrogen and oxygen atoms in total. The number of nitrogens with one attached hydrogen (secondary N) is 2. The van der Waals surface area contributed by atoms with E-state index in [2.05, 4.69) is 20.6 Å². The summed E-state index contributed by atoms with van der Waals surface area (Å²) in [4.78, 5) is 8.36. The lowest BCUT2D eigenvalue weighted by Gasteiger charge is -2.34. The van der Waals surface area contributed by atoms with Crippen LogP contribution in [0, 0.1) is 0 Å². The molecule has 0 fully saturated rings. The van der Waals surface area contributed by atoms with Crippen LogP contribution in [0.3, 0.4) is 0 Å². The Hall–Kier alpha value is -3.75. The first-order valence-corrected chi connectivity index (χ1v) is 12.7. The van der Waals surface area contributed by atoms with Crippen molar-refractivity contribution in [2.75, 3.05) is 23.8 Å². The van der Waals surface area contributed by atoms with Crippen LogP contribution in [0.25, 0.3) is 0 Å². The van der Waals surface area contributed by atoms with Gasteiger partial charge in [-0.15, -0.1) is 0 Å². The maximum Gasteiger partial charge on any atom is 0.416 e. The number of aliphatic hydroxyl groups excluding tert-OH is 1. The summed E-state index contributed by atoms with van der Waals surface area (Å²) in [7, 11) is 0. The lowest BCUT2D eigenvalue weighted by Crippen LogP contribution is -2.31. The van der Waals surface area contributed by atoms with Gasteiger partial charge >= 0.3 is 18.5 Å². The molecule has 1 aliphatic heterocycles. The van der Waals surface area contributed by atoms with E-state index in [0.717, 1.165) is 18.3 Å². The number of aromatic nitrogens is 2. The number of alkyl halides is 9. The van der Waals surface area contributed by atoms with Crippen molar-refractivity contribution < 1.29 is 49.4 Å². The van der Waals surface area contributed by atoms with Gasteiger partial charge in [-0.1, -0.05) is 6.92 Å². The molecule has 0 amide bonds. The van der Waals surface area contributed by atoms with E-state index >= 15 is 0 Å². The first kappa shape index (κ1) is 31.2. The normalized spacial score (nSPS) is 17.4. The lowest BCUT2D eigenvalue weighted by atomic mass is 9.90. The Bertz CT molecular complexity index is 1380. The van der Waals surface area contributed by atoms with E-state index in [0.29, 0.717) is 30.7 Å². The Morgan fingerprint density at radius 1 is 0.929 bits per heavy atom. The first-order valence-electron chi connectivity index (χ1n) is 12.7. The van der Waals surface area contributed by atoms with Gasteiger partial charge in [0, 0.05) is 18.2 Å². The zero-order valence-electron chi connectivity index (χ0n) is 21.9. The topological polar surface area (TPSA) is 79.3 Å². The number of anilines is 2. The molecule has 2 atom stereocenters. The molecule has 228 valence electrons. The van der Waals surface area contributed by atoms with Crippen molar-refractivity contribution >= 4 is 11.6 Å². The minimum absolute atomic E-state index is 0.00748. The van der Waals surface area contributed by atoms with Crippen LogP contribution in [0.1, 0.15) is 59.3 Å². The maximum absolute atomic E-state index is 13.4. The van der Waals surface area contributed by atoms with Gasteiger partial charge in [0.1, 0.15) is 6.61 Å². The lowest BCUT2D eigenvalue weighted by molar-refractivity contribution is -0.143. The summed E-state index contributed by atoms with van der Waals surface area (Å²) >= 11 is 0. The number of rotatable bonds is 8. The van der Waals surface area contributed by atoms with E-state index in [1.807, 2.05) is 6.92 Å². The largest absolute Gasteiger partial charge is 0.488 e. The Labute approximate surface area is 233 Å². The molecule has 0 bridgehead atoms. The average molecular weight is 609 g/mol. The van der Waals surface area contributed by atoms with E-state index in [1.54, 1.807) is 0 Å². The summed E-state index contributed by atoms with van der Waals surface area (Å²) in [5.74, 6) is -0.230. The molecule has 2 heterocycles. The van der Waals surface area contributed by atoms with Crippen LogP contribution < -0.4 is 15.4 Å². The van der Waals surface area contributed by atoms with E-state index in [4.69, 9.17) is 9.84 Å². The second-order valence-electron chi connectivity index (χ2n) is 9.65. The molecule has 3 aromatic rings. The number of halogens is 9. The van der Waals surface area contributed by atoms with Crippen molar-refractivity contribution in [3.05, 3.63) is 76.1 Å². The van der Waals surface area contributed by atoms with Gasteiger partial charge in [-0.25, -0.2) is 9.97 Å². The highest BCUT2D eigenvalue weighted by atomic mass is 19.4. The van der Waals surface area contributed by atoms with E-state index in [1.165, 1.54) is 6.07 Å². The van der Waals surface area contributed by atoms with Crippen LogP contribution in [-0.2, 0) is 24.9 Å². The van der Waals surface area contributed by atoms with Crippen molar-refractivity contribution in [3.8, 4) is 5.75 Å². The molecule has 0 saturated carbocycles. The summed E-state index contributed by atoms with van der Waals surface area (Å²) in [5, 5.41) is 15.3. The predicted octanol–water partition coefficient (Wildman–Crippen LogP) is 7.24. The Balaban J connectivity index is 1.73. The fraction of sp³-hybridized carbons (Fsp3) is 0.407. The zero-order valence-corrected chi connectivity index (χ0v) is 21.9. The number of ether oxygens (including phenoxy) is 1. The molecule has 0 aliphatic carbocycles. The van der Waals surface area contributed by atoms with Gasteiger partial charge in [-0.2, -0.15) is 39.5 Å². The summed E-state index contributed by atoms with van der Waals surface area (Å²) in [6.07, 6.45) is -13.2. The molecule has 3 N–H and O–H groups in total. The minimum Gasteiger partial charge on any atom is -0.488 e. The minimum atomic E-state index is -5.06. The van der Waals surface area contributed by atoms with Gasteiger partial charge in [0.05, 0.1) is 41.2 Å². The molecule has 0 unspecified atom stereocenters. The van der Waals surface area contributed by atoms with Crippen molar-refractivity contribution in [2.45, 2.75) is 56.8 Å². The summed E-state index contributed by atoms with van der Waals surface area (Å²) in [5.41, 5.74) is -3.60. The van der Waals surface area contributed by atoms with Crippen LogP contribution in [0.4, 0.5) is 51.1 Å². The van der Waals surface area contributed by atoms with Crippen LogP contribution >= 0.6 is 0 Å². The highest BCUT2D eigenvalue weighted by Crippen LogP contribution is 2.40. The van der Waals surface area contributed by atoms with Gasteiger partial charge < -0.3 is 20.5 Å². The van der Waals surface area contributed by atoms with Gasteiger partial charge in [-0.3, -0.25) is 0 Å². The quantitative estimate of drug-likeness (QED) is 0.234. The van der Waals surface area contributed by atoms with Crippen molar-refractivity contribution in [3.63, 3.8) is 0 Å². The number of hydrogen-bond acceptors (Lipinski definition) is 6. The number of benzene rings is 2. The molecule has 2 aromatic carbocycles. The van der Waals surface area contributed by atoms with E-state index in [-0.39, 0.29) is 47.2 Å². The SMILES string of the molecule is CC[C@@H]1C[C@H](Nc2ncc(OCCO)c(Cc3cc(C(F)(F)F)cc(C(F)(F)F)c3)n2)c2cc(C(F)(F)F)ccc2N1. The van der Waals surface area contributed by atoms with Crippen LogP contribution in [0.15, 0.2) is 42.6 Å². The standard InChI is InChI=1S/C27H25F9N4O2/c1-2-18-12-21(19-11-15(25(28,29)30)3-4-20(19)38-18)39-24-37-13-23(42-6-5-41)22(40-24)9-14-7-16(26(31,32)33)10-17(8-14)27(34,35)36/h3-4,7-8,10-11,13,18,21,38,41H,2,5-6,9,12H2,1H3,(H,37,39,40)/t18-,21+/m1/s1. The first-order chi connectivity index (χ1) is 19.6. The predicted molar refractivity (Wildman–Crippen MR) is 134 cm³/mol. The summed E-state index contributed by atoms with van der Waals surface area (Å²) in [6.45, 7) is 1.17. The van der Waals surface area contributed by atoms with Crippen molar-refractivity contribution in [1.82, 2.24) is 9.97 Å². The molecule has 0 saturated heterocycles. The molecular formula is C27H25F9N4O2. The Morgan fingerprint density at radius 3 is 2.14 bits per heavy atom. The smallest absolute Gasteiger partial charge is 0.416 e. The van der Waals surface area contributed by atoms with Crippen LogP contribution in [0.2, 0.25) is 0 Å². The fourth-order valence-electron chi connectivity index (χ4n) is 4.60. The van der Waals surface area contributed by atoms with Crippen molar-refractivity contribution in [2.24, 2.45) is 0 Å². The molecule has 0 radical (unpaired) electrons. The highest BCUT2D eigenvalue weighted by Gasteiger charge is 2.37. The molecule has 4 rings (SSSR count). The van der Waals surface area contributed by atoms with Crippen LogP contribution in [0.5, 0.6) is 5.75 Å². The third-order valence-electron chi connectivity index (χ3n) is 6.63. The maximum atomic E-state index is 13.4. The third-order valence-corrected chi connectivity index (χ3v) is 6.63. The second-order valence-corrected chi connectivity index (χ2v) is 9.65. The van der Waals surface area contributed by atoms with E-state index in [9.17, 15) is 39.5 Å². The second kappa shape index (κ2) is 11.9. The number of fused-ring (bicyclic) bond motifs is 1. The fourth-order valence-corrected chi connectivity index (χ4v) is 4.60. The summed E-state index contributed by atoms with van der Waals surface area (Å²) in [6, 6.07) is 3.56. The van der Waals surface area contributed by atoms with Crippen molar-refractivity contribution in [1.29, 1.82) is 0 Å². The number of hydrogen-bond donors (Lipinski definition) is 3. The number of nitrogens with zero attached hydrogens (tertiary/aromatic N) is 2. The molecule has 0 spiro atoms. The molecular weight excluding hydrogens is 583 g/mol. The average Bonchev–Trinajstić information content (AvgIpc) is 2.90. The highest BCUT2D eigenvalue weighted by molar-refractivity contribution is 5.59. The van der Waals surface area contributed by atoms with Gasteiger partial charge in [0.2, 0.25) is 5.95 Å².